The van der Waals surface area contributed by atoms with Gasteiger partial charge in [-0.15, -0.1) is 0 Å². The molecule has 3 aromatic carbocycles. The number of rotatable bonds is 9. The number of carbonyl (C=O) groups is 3. The summed E-state index contributed by atoms with van der Waals surface area (Å²) in [5.41, 5.74) is 0.529. The van der Waals surface area contributed by atoms with Crippen LogP contribution < -0.4 is 25.0 Å². The molecule has 0 radical (unpaired) electrons. The molecule has 1 aliphatic heterocycles. The van der Waals surface area contributed by atoms with Crippen LogP contribution in [0.25, 0.3) is 0 Å². The number of ether oxygens (including phenoxy) is 2. The van der Waals surface area contributed by atoms with E-state index in [1.807, 2.05) is 18.2 Å². The molecule has 11 heteroatoms. The van der Waals surface area contributed by atoms with E-state index in [0.717, 1.165) is 17.7 Å². The molecule has 0 aromatic heterocycles. The van der Waals surface area contributed by atoms with E-state index < -0.39 is 30.2 Å². The second-order valence-electron chi connectivity index (χ2n) is 8.84. The van der Waals surface area contributed by atoms with Gasteiger partial charge >= 0.3 is 6.18 Å². The maximum Gasteiger partial charge on any atom is 0.416 e. The predicted octanol–water partition coefficient (Wildman–Crippen LogP) is 4.40. The summed E-state index contributed by atoms with van der Waals surface area (Å²) in [6.07, 6.45) is -4.44. The molecule has 4 rings (SSSR count). The van der Waals surface area contributed by atoms with Crippen molar-refractivity contribution in [2.75, 3.05) is 30.5 Å². The summed E-state index contributed by atoms with van der Waals surface area (Å²) in [4.78, 5) is 38.9. The van der Waals surface area contributed by atoms with Gasteiger partial charge in [0.25, 0.3) is 5.91 Å². The zero-order valence-corrected chi connectivity index (χ0v) is 21.0. The second kappa shape index (κ2) is 11.9. The van der Waals surface area contributed by atoms with Crippen LogP contribution in [0.2, 0.25) is 0 Å². The third kappa shape index (κ3) is 7.07. The number of amides is 3. The number of halogens is 3. The number of alkyl halides is 3. The molecule has 1 atom stereocenters. The van der Waals surface area contributed by atoms with Crippen LogP contribution in [0.5, 0.6) is 11.5 Å². The minimum atomic E-state index is -4.52. The molecule has 3 amide bonds. The van der Waals surface area contributed by atoms with Gasteiger partial charge in [0.05, 0.1) is 18.6 Å². The number of hydrogen-bond acceptors (Lipinski definition) is 5. The van der Waals surface area contributed by atoms with Gasteiger partial charge in [0, 0.05) is 36.4 Å². The lowest BCUT2D eigenvalue weighted by Gasteiger charge is -2.17. The average Bonchev–Trinajstić information content (AvgIpc) is 3.32. The molecule has 2 N–H and O–H groups in total. The van der Waals surface area contributed by atoms with Crippen molar-refractivity contribution in [1.82, 2.24) is 5.32 Å². The first-order valence-corrected chi connectivity index (χ1v) is 12.0. The number of hydrogen-bond donors (Lipinski definition) is 2. The van der Waals surface area contributed by atoms with Crippen LogP contribution in [0.1, 0.15) is 17.5 Å². The van der Waals surface area contributed by atoms with Gasteiger partial charge in [0.2, 0.25) is 11.8 Å². The lowest BCUT2D eigenvalue weighted by atomic mass is 10.1. The van der Waals surface area contributed by atoms with Crippen molar-refractivity contribution in [3.8, 4) is 11.5 Å². The van der Waals surface area contributed by atoms with Gasteiger partial charge in [-0.2, -0.15) is 13.2 Å². The Balaban J connectivity index is 1.27. The summed E-state index contributed by atoms with van der Waals surface area (Å²) in [5.74, 6) is -0.573. The standard InChI is InChI=1S/C28H26F3N3O5/c1-38-24-8-3-2-5-18(24)15-32-27(37)19-13-26(36)34(16-19)22-9-11-23(12-10-22)39-17-25(35)33-21-7-4-6-20(14-21)28(29,30)31/h2-12,14,19H,13,15-17H2,1H3,(H,32,37)(H,33,35)/t19-/m1/s1. The Morgan fingerprint density at radius 3 is 2.49 bits per heavy atom. The fraction of sp³-hybridized carbons (Fsp3) is 0.250. The van der Waals surface area contributed by atoms with Crippen molar-refractivity contribution >= 4 is 29.1 Å². The fourth-order valence-corrected chi connectivity index (χ4v) is 4.15. The Bertz CT molecular complexity index is 1340. The summed E-state index contributed by atoms with van der Waals surface area (Å²) in [6.45, 7) is 0.0732. The molecule has 1 fully saturated rings. The maximum absolute atomic E-state index is 12.8. The van der Waals surface area contributed by atoms with Gasteiger partial charge in [-0.1, -0.05) is 24.3 Å². The van der Waals surface area contributed by atoms with E-state index in [1.165, 1.54) is 17.0 Å². The molecule has 0 saturated carbocycles. The van der Waals surface area contributed by atoms with Crippen molar-refractivity contribution in [3.63, 3.8) is 0 Å². The molecular weight excluding hydrogens is 515 g/mol. The topological polar surface area (TPSA) is 97.0 Å². The van der Waals surface area contributed by atoms with Crippen LogP contribution in [0.3, 0.4) is 0 Å². The third-order valence-corrected chi connectivity index (χ3v) is 6.13. The summed E-state index contributed by atoms with van der Waals surface area (Å²) < 4.78 is 49.2. The van der Waals surface area contributed by atoms with Crippen molar-refractivity contribution in [1.29, 1.82) is 0 Å². The van der Waals surface area contributed by atoms with Gasteiger partial charge in [0.1, 0.15) is 11.5 Å². The molecule has 1 saturated heterocycles. The Labute approximate surface area is 222 Å². The highest BCUT2D eigenvalue weighted by Gasteiger charge is 2.35. The van der Waals surface area contributed by atoms with Gasteiger partial charge in [-0.25, -0.2) is 0 Å². The van der Waals surface area contributed by atoms with E-state index >= 15 is 0 Å². The molecule has 8 nitrogen and oxygen atoms in total. The predicted molar refractivity (Wildman–Crippen MR) is 137 cm³/mol. The first kappa shape index (κ1) is 27.5. The van der Waals surface area contributed by atoms with E-state index in [0.29, 0.717) is 17.2 Å². The molecule has 0 unspecified atom stereocenters. The molecule has 1 aliphatic rings. The maximum atomic E-state index is 12.8. The molecule has 0 bridgehead atoms. The van der Waals surface area contributed by atoms with Crippen LogP contribution in [0.15, 0.2) is 72.8 Å². The minimum absolute atomic E-state index is 0.00261. The van der Waals surface area contributed by atoms with Crippen LogP contribution >= 0.6 is 0 Å². The molecule has 0 aliphatic carbocycles. The molecule has 3 aromatic rings. The Morgan fingerprint density at radius 2 is 1.77 bits per heavy atom. The average molecular weight is 542 g/mol. The quantitative estimate of drug-likeness (QED) is 0.419. The molecule has 1 heterocycles. The largest absolute Gasteiger partial charge is 0.496 e. The Kier molecular flexibility index (Phi) is 8.38. The van der Waals surface area contributed by atoms with E-state index in [4.69, 9.17) is 9.47 Å². The highest BCUT2D eigenvalue weighted by molar-refractivity contribution is 6.00. The summed E-state index contributed by atoms with van der Waals surface area (Å²) >= 11 is 0. The number of carbonyl (C=O) groups excluding carboxylic acids is 3. The first-order chi connectivity index (χ1) is 18.6. The summed E-state index contributed by atoms with van der Waals surface area (Å²) in [6, 6.07) is 18.0. The first-order valence-electron chi connectivity index (χ1n) is 12.0. The van der Waals surface area contributed by atoms with Gasteiger partial charge in [-0.3, -0.25) is 14.4 Å². The van der Waals surface area contributed by atoms with Gasteiger partial charge in [-0.05, 0) is 48.5 Å². The normalized spacial score (nSPS) is 15.1. The van der Waals surface area contributed by atoms with E-state index in [1.54, 1.807) is 37.4 Å². The highest BCUT2D eigenvalue weighted by Crippen LogP contribution is 2.31. The number of anilines is 2. The summed E-state index contributed by atoms with van der Waals surface area (Å²) in [5, 5.41) is 5.23. The van der Waals surface area contributed by atoms with Gasteiger partial charge < -0.3 is 25.0 Å². The Hall–Kier alpha value is -4.54. The molecule has 0 spiro atoms. The third-order valence-electron chi connectivity index (χ3n) is 6.13. The van der Waals surface area contributed by atoms with Crippen molar-refractivity contribution < 1.29 is 37.0 Å². The van der Waals surface area contributed by atoms with Crippen LogP contribution in [-0.2, 0) is 27.1 Å². The highest BCUT2D eigenvalue weighted by atomic mass is 19.4. The lowest BCUT2D eigenvalue weighted by molar-refractivity contribution is -0.137. The minimum Gasteiger partial charge on any atom is -0.496 e. The van der Waals surface area contributed by atoms with Crippen molar-refractivity contribution in [2.45, 2.75) is 19.1 Å². The monoisotopic (exact) mass is 541 g/mol. The lowest BCUT2D eigenvalue weighted by Crippen LogP contribution is -2.32. The molecular formula is C28H26F3N3O5. The molecule has 39 heavy (non-hydrogen) atoms. The number of nitrogens with zero attached hydrogens (tertiary/aromatic N) is 1. The molecule has 204 valence electrons. The van der Waals surface area contributed by atoms with E-state index in [2.05, 4.69) is 10.6 Å². The SMILES string of the molecule is COc1ccccc1CNC(=O)[C@@H]1CC(=O)N(c2ccc(OCC(=O)Nc3cccc(C(F)(F)F)c3)cc2)C1. The van der Waals surface area contributed by atoms with Crippen molar-refractivity contribution in [3.05, 3.63) is 83.9 Å². The van der Waals surface area contributed by atoms with Crippen LogP contribution in [-0.4, -0.2) is 38.0 Å². The number of nitrogens with one attached hydrogen (secondary N) is 2. The van der Waals surface area contributed by atoms with Crippen LogP contribution in [0.4, 0.5) is 24.5 Å². The van der Waals surface area contributed by atoms with Gasteiger partial charge in [0.15, 0.2) is 6.61 Å². The number of para-hydroxylation sites is 1. The van der Waals surface area contributed by atoms with Crippen LogP contribution in [0, 0.1) is 5.92 Å². The summed E-state index contributed by atoms with van der Waals surface area (Å²) in [7, 11) is 1.56. The van der Waals surface area contributed by atoms with Crippen molar-refractivity contribution in [2.24, 2.45) is 5.92 Å². The Morgan fingerprint density at radius 1 is 1.03 bits per heavy atom. The van der Waals surface area contributed by atoms with E-state index in [-0.39, 0.29) is 37.0 Å². The smallest absolute Gasteiger partial charge is 0.416 e. The number of benzene rings is 3. The number of methoxy groups -OCH3 is 1. The fourth-order valence-electron chi connectivity index (χ4n) is 4.15. The second-order valence-corrected chi connectivity index (χ2v) is 8.84. The van der Waals surface area contributed by atoms with E-state index in [9.17, 15) is 27.6 Å². The zero-order valence-electron chi connectivity index (χ0n) is 21.0. The zero-order chi connectivity index (χ0) is 28.0.